The molecule has 0 aliphatic rings. The number of rotatable bonds is 1. The maximum Gasteiger partial charge on any atom is 0.360 e. The second-order valence-electron chi connectivity index (χ2n) is 2.56. The van der Waals surface area contributed by atoms with E-state index in [4.69, 9.17) is 5.73 Å². The molecule has 0 unspecified atom stereocenters. The van der Waals surface area contributed by atoms with Gasteiger partial charge in [0, 0.05) is 0 Å². The first-order valence-corrected chi connectivity index (χ1v) is 4.69. The maximum absolute atomic E-state index is 11.2. The molecule has 0 fully saturated rings. The average Bonchev–Trinajstić information content (AvgIpc) is 2.62. The molecule has 0 saturated heterocycles. The van der Waals surface area contributed by atoms with Crippen LogP contribution in [0.2, 0.25) is 0 Å². The molecule has 0 saturated carbocycles. The Morgan fingerprint density at radius 3 is 3.07 bits per heavy atom. The van der Waals surface area contributed by atoms with Gasteiger partial charge in [-0.1, -0.05) is 0 Å². The van der Waals surface area contributed by atoms with E-state index in [-0.39, 0.29) is 11.5 Å². The minimum atomic E-state index is -0.567. The van der Waals surface area contributed by atoms with Gasteiger partial charge in [-0.05, 0) is 11.4 Å². The molecule has 72 valence electrons. The predicted octanol–water partition coefficient (Wildman–Crippen LogP) is 1.06. The van der Waals surface area contributed by atoms with Gasteiger partial charge >= 0.3 is 5.97 Å². The van der Waals surface area contributed by atoms with Crippen LogP contribution in [0.4, 0.5) is 5.82 Å². The van der Waals surface area contributed by atoms with Crippen molar-refractivity contribution in [3.8, 4) is 0 Å². The van der Waals surface area contributed by atoms with E-state index >= 15 is 0 Å². The number of aromatic nitrogens is 2. The van der Waals surface area contributed by atoms with E-state index in [9.17, 15) is 4.79 Å². The number of nitrogen functional groups attached to an aromatic ring is 1. The van der Waals surface area contributed by atoms with Crippen molar-refractivity contribution < 1.29 is 9.53 Å². The molecule has 0 bridgehead atoms. The first-order valence-electron chi connectivity index (χ1n) is 3.81. The summed E-state index contributed by atoms with van der Waals surface area (Å²) in [6.45, 7) is 0. The lowest BCUT2D eigenvalue weighted by Crippen LogP contribution is -2.09. The van der Waals surface area contributed by atoms with E-state index in [0.717, 1.165) is 4.83 Å². The zero-order valence-corrected chi connectivity index (χ0v) is 8.17. The summed E-state index contributed by atoms with van der Waals surface area (Å²) in [4.78, 5) is 20.0. The van der Waals surface area contributed by atoms with Crippen molar-refractivity contribution in [1.82, 2.24) is 9.97 Å². The van der Waals surface area contributed by atoms with Crippen LogP contribution in [0.1, 0.15) is 10.5 Å². The molecule has 2 aromatic heterocycles. The number of ether oxygens (including phenoxy) is 1. The second-order valence-corrected chi connectivity index (χ2v) is 3.45. The fraction of sp³-hybridized carbons (Fsp3) is 0.125. The molecule has 2 rings (SSSR count). The Labute approximate surface area is 83.5 Å². The third kappa shape index (κ3) is 1.29. The van der Waals surface area contributed by atoms with Crippen LogP contribution >= 0.6 is 11.3 Å². The SMILES string of the molecule is COC(=O)c1nc2ccsc2nc1N. The zero-order valence-electron chi connectivity index (χ0n) is 7.35. The molecule has 6 heteroatoms. The summed E-state index contributed by atoms with van der Waals surface area (Å²) in [5.41, 5.74) is 6.28. The Balaban J connectivity index is 2.64. The number of thiophene rings is 1. The van der Waals surface area contributed by atoms with Gasteiger partial charge < -0.3 is 10.5 Å². The van der Waals surface area contributed by atoms with Crippen LogP contribution in [0.15, 0.2) is 11.4 Å². The molecule has 2 aromatic rings. The number of carbonyl (C=O) groups is 1. The number of esters is 1. The number of methoxy groups -OCH3 is 1. The lowest BCUT2D eigenvalue weighted by Gasteiger charge is -2.00. The maximum atomic E-state index is 11.2. The average molecular weight is 209 g/mol. The lowest BCUT2D eigenvalue weighted by atomic mass is 10.4. The van der Waals surface area contributed by atoms with E-state index in [2.05, 4.69) is 14.7 Å². The van der Waals surface area contributed by atoms with Crippen molar-refractivity contribution in [2.45, 2.75) is 0 Å². The van der Waals surface area contributed by atoms with Crippen LogP contribution in [0.25, 0.3) is 10.3 Å². The van der Waals surface area contributed by atoms with Gasteiger partial charge in [0.1, 0.15) is 10.3 Å². The largest absolute Gasteiger partial charge is 0.464 e. The molecular formula is C8H7N3O2S. The zero-order chi connectivity index (χ0) is 10.1. The standard InChI is InChI=1S/C8H7N3O2S/c1-13-8(12)5-6(9)11-7-4(10-5)2-3-14-7/h2-3H,1H3,(H2,9,11). The van der Waals surface area contributed by atoms with Crippen molar-refractivity contribution >= 4 is 33.5 Å². The van der Waals surface area contributed by atoms with Crippen molar-refractivity contribution in [3.05, 3.63) is 17.1 Å². The fourth-order valence-corrected chi connectivity index (χ4v) is 1.76. The number of hydrogen-bond acceptors (Lipinski definition) is 6. The summed E-state index contributed by atoms with van der Waals surface area (Å²) in [6.07, 6.45) is 0. The van der Waals surface area contributed by atoms with Crippen molar-refractivity contribution in [1.29, 1.82) is 0 Å². The summed E-state index contributed by atoms with van der Waals surface area (Å²) in [5.74, 6) is -0.463. The van der Waals surface area contributed by atoms with E-state index in [1.54, 1.807) is 6.07 Å². The Kier molecular flexibility index (Phi) is 2.05. The molecule has 5 nitrogen and oxygen atoms in total. The number of anilines is 1. The van der Waals surface area contributed by atoms with Crippen LogP contribution in [0.5, 0.6) is 0 Å². The molecule has 0 aromatic carbocycles. The van der Waals surface area contributed by atoms with Gasteiger partial charge in [0.25, 0.3) is 0 Å². The number of nitrogens with two attached hydrogens (primary N) is 1. The number of fused-ring (bicyclic) bond motifs is 1. The minimum absolute atomic E-state index is 0.0680. The molecule has 0 aliphatic heterocycles. The highest BCUT2D eigenvalue weighted by atomic mass is 32.1. The molecule has 0 spiro atoms. The van der Waals surface area contributed by atoms with E-state index in [0.29, 0.717) is 5.52 Å². The summed E-state index contributed by atoms with van der Waals surface area (Å²) in [7, 11) is 1.28. The normalized spacial score (nSPS) is 10.4. The van der Waals surface area contributed by atoms with E-state index in [1.807, 2.05) is 5.38 Å². The molecular weight excluding hydrogens is 202 g/mol. The number of nitrogens with zero attached hydrogens (tertiary/aromatic N) is 2. The van der Waals surface area contributed by atoms with E-state index < -0.39 is 5.97 Å². The molecule has 14 heavy (non-hydrogen) atoms. The summed E-state index contributed by atoms with van der Waals surface area (Å²) < 4.78 is 4.52. The quantitative estimate of drug-likeness (QED) is 0.710. The lowest BCUT2D eigenvalue weighted by molar-refractivity contribution is 0.0595. The van der Waals surface area contributed by atoms with Crippen LogP contribution in [-0.2, 0) is 4.74 Å². The third-order valence-electron chi connectivity index (χ3n) is 1.70. The molecule has 0 atom stereocenters. The molecule has 0 amide bonds. The van der Waals surface area contributed by atoms with Gasteiger partial charge in [0.15, 0.2) is 11.5 Å². The van der Waals surface area contributed by atoms with Gasteiger partial charge in [-0.25, -0.2) is 14.8 Å². The van der Waals surface area contributed by atoms with Gasteiger partial charge in [-0.15, -0.1) is 11.3 Å². The Morgan fingerprint density at radius 2 is 2.36 bits per heavy atom. The molecule has 0 radical (unpaired) electrons. The number of hydrogen-bond donors (Lipinski definition) is 1. The molecule has 2 N–H and O–H groups in total. The van der Waals surface area contributed by atoms with Crippen molar-refractivity contribution in [2.24, 2.45) is 0 Å². The van der Waals surface area contributed by atoms with E-state index in [1.165, 1.54) is 18.4 Å². The monoisotopic (exact) mass is 209 g/mol. The van der Waals surface area contributed by atoms with Crippen LogP contribution in [-0.4, -0.2) is 23.0 Å². The Bertz CT molecular complexity index is 494. The second kappa shape index (κ2) is 3.22. The minimum Gasteiger partial charge on any atom is -0.464 e. The Hall–Kier alpha value is -1.69. The fourth-order valence-electron chi connectivity index (χ4n) is 1.05. The van der Waals surface area contributed by atoms with Gasteiger partial charge in [0.05, 0.1) is 7.11 Å². The first-order chi connectivity index (χ1) is 6.72. The van der Waals surface area contributed by atoms with Crippen LogP contribution in [0.3, 0.4) is 0 Å². The highest BCUT2D eigenvalue weighted by Gasteiger charge is 2.14. The number of carbonyl (C=O) groups excluding carboxylic acids is 1. The van der Waals surface area contributed by atoms with Gasteiger partial charge in [-0.3, -0.25) is 0 Å². The summed E-state index contributed by atoms with van der Waals surface area (Å²) >= 11 is 1.42. The Morgan fingerprint density at radius 1 is 1.57 bits per heavy atom. The molecule has 0 aliphatic carbocycles. The van der Waals surface area contributed by atoms with Gasteiger partial charge in [-0.2, -0.15) is 0 Å². The third-order valence-corrected chi connectivity index (χ3v) is 2.50. The highest BCUT2D eigenvalue weighted by Crippen LogP contribution is 2.19. The van der Waals surface area contributed by atoms with Crippen molar-refractivity contribution in [2.75, 3.05) is 12.8 Å². The first kappa shape index (κ1) is 8.89. The van der Waals surface area contributed by atoms with Crippen LogP contribution in [0, 0.1) is 0 Å². The van der Waals surface area contributed by atoms with Crippen molar-refractivity contribution in [3.63, 3.8) is 0 Å². The summed E-state index contributed by atoms with van der Waals surface area (Å²) in [5, 5.41) is 1.84. The predicted molar refractivity (Wildman–Crippen MR) is 53.2 cm³/mol. The van der Waals surface area contributed by atoms with Crippen LogP contribution < -0.4 is 5.73 Å². The summed E-state index contributed by atoms with van der Waals surface area (Å²) in [6, 6.07) is 1.78. The van der Waals surface area contributed by atoms with Gasteiger partial charge in [0.2, 0.25) is 0 Å². The smallest absolute Gasteiger partial charge is 0.360 e. The molecule has 2 heterocycles. The highest BCUT2D eigenvalue weighted by molar-refractivity contribution is 7.16. The topological polar surface area (TPSA) is 78.1 Å².